The van der Waals surface area contributed by atoms with Crippen LogP contribution in [0.15, 0.2) is 170 Å². The van der Waals surface area contributed by atoms with Gasteiger partial charge in [0.1, 0.15) is 11.6 Å². The molecule has 0 saturated carbocycles. The zero-order chi connectivity index (χ0) is 55.0. The van der Waals surface area contributed by atoms with Crippen molar-refractivity contribution >= 4 is 44.6 Å². The van der Waals surface area contributed by atoms with Crippen molar-refractivity contribution in [3.63, 3.8) is 0 Å². The minimum atomic E-state index is -0.903. The average molecular weight is 1210 g/mol. The largest absolute Gasteiger partial charge is 0.509 e. The summed E-state index contributed by atoms with van der Waals surface area (Å²) in [4.78, 5) is 9.42. The van der Waals surface area contributed by atoms with Gasteiger partial charge in [-0.2, -0.15) is 6.07 Å². The van der Waals surface area contributed by atoms with Crippen LogP contribution in [0.1, 0.15) is 130 Å². The van der Waals surface area contributed by atoms with E-state index in [4.69, 9.17) is 9.72 Å². The zero-order valence-electron chi connectivity index (χ0n) is 47.8. The monoisotopic (exact) mass is 1210 g/mol. The van der Waals surface area contributed by atoms with Gasteiger partial charge in [0.2, 0.25) is 0 Å². The zero-order valence-corrected chi connectivity index (χ0v) is 49.1. The topological polar surface area (TPSA) is 33.5 Å². The summed E-state index contributed by atoms with van der Waals surface area (Å²) >= 11 is 0. The standard InChI is InChI=1S/C71H68FN4O.Pt/c1-44(2)48-33-49(45(3)4)35-50(34-48)63-39-53(71(10,11)12)38-62(47-25-27-54(72)28-26-47)69(63)75-43-74(65-23-17-18-24-66(65)75)55-36-51(59-20-14-13-19-58(59)46(5)6)37-57(41-55)77-56-29-30-61-60-21-15-16-22-64(60)76(67(61)42-56)68-40-52(31-32-73-68)70(7,8)9;/h13-40,43-46H,1-12H3;/q-3;/i46D;. The first-order chi connectivity index (χ1) is 37.1. The molecule has 0 aliphatic carbocycles. The van der Waals surface area contributed by atoms with Crippen LogP contribution >= 0.6 is 0 Å². The van der Waals surface area contributed by atoms with E-state index in [9.17, 15) is 5.76 Å². The first-order valence-electron chi connectivity index (χ1n) is 27.5. The fraction of sp³-hybridized carbons (Fsp3) is 0.239. The molecule has 5 nitrogen and oxygen atoms in total. The van der Waals surface area contributed by atoms with Gasteiger partial charge in [-0.05, 0) is 133 Å². The number of ether oxygens (including phenoxy) is 1. The molecule has 11 rings (SSSR count). The van der Waals surface area contributed by atoms with E-state index < -0.39 is 5.89 Å². The molecule has 0 radical (unpaired) electrons. The smallest absolute Gasteiger partial charge is 0.135 e. The van der Waals surface area contributed by atoms with E-state index in [0.717, 1.165) is 89.3 Å². The number of rotatable bonds is 11. The van der Waals surface area contributed by atoms with E-state index in [1.807, 2.05) is 62.5 Å². The van der Waals surface area contributed by atoms with Crippen LogP contribution in [-0.4, -0.2) is 9.55 Å². The Hall–Kier alpha value is -7.27. The Balaban J connectivity index is 0.00000704. The minimum Gasteiger partial charge on any atom is -0.509 e. The summed E-state index contributed by atoms with van der Waals surface area (Å²) in [6.07, 6.45) is 1.89. The van der Waals surface area contributed by atoms with Crippen LogP contribution in [-0.2, 0) is 31.9 Å². The molecule has 1 aliphatic heterocycles. The van der Waals surface area contributed by atoms with Crippen molar-refractivity contribution in [1.29, 1.82) is 0 Å². The summed E-state index contributed by atoms with van der Waals surface area (Å²) in [5.74, 6) is 1.25. The molecule has 8 aromatic carbocycles. The number of anilines is 4. The number of aromatic nitrogens is 2. The van der Waals surface area contributed by atoms with E-state index in [-0.39, 0.29) is 37.7 Å². The average Bonchev–Trinajstić information content (AvgIpc) is 4.23. The Labute approximate surface area is 477 Å². The van der Waals surface area contributed by atoms with Crippen molar-refractivity contribution in [1.82, 2.24) is 9.55 Å². The number of para-hydroxylation sites is 3. The summed E-state index contributed by atoms with van der Waals surface area (Å²) in [5.41, 5.74) is 17.0. The van der Waals surface area contributed by atoms with Gasteiger partial charge in [0.15, 0.2) is 0 Å². The van der Waals surface area contributed by atoms with E-state index in [0.29, 0.717) is 23.3 Å². The fourth-order valence-corrected chi connectivity index (χ4v) is 10.7. The van der Waals surface area contributed by atoms with Crippen molar-refractivity contribution < 1.29 is 31.6 Å². The van der Waals surface area contributed by atoms with Crippen LogP contribution in [0.2, 0.25) is 0 Å². The van der Waals surface area contributed by atoms with Crippen LogP contribution < -0.4 is 14.5 Å². The third-order valence-electron chi connectivity index (χ3n) is 15.1. The third-order valence-corrected chi connectivity index (χ3v) is 15.1. The first-order valence-corrected chi connectivity index (χ1v) is 27.0. The molecule has 78 heavy (non-hydrogen) atoms. The Kier molecular flexibility index (Phi) is 14.3. The number of hydrogen-bond acceptors (Lipinski definition) is 4. The van der Waals surface area contributed by atoms with Gasteiger partial charge in [0.05, 0.1) is 0 Å². The van der Waals surface area contributed by atoms with Crippen molar-refractivity contribution in [2.45, 2.75) is 112 Å². The molecule has 0 unspecified atom stereocenters. The summed E-state index contributed by atoms with van der Waals surface area (Å²) in [6, 6.07) is 63.7. The molecule has 0 spiro atoms. The second-order valence-electron chi connectivity index (χ2n) is 23.6. The Bertz CT molecular complexity index is 3890. The van der Waals surface area contributed by atoms with Crippen LogP contribution in [0.4, 0.5) is 27.1 Å². The van der Waals surface area contributed by atoms with Crippen LogP contribution in [0.25, 0.3) is 61.0 Å². The number of benzene rings is 8. The first kappa shape index (κ1) is 52.8. The summed E-state index contributed by atoms with van der Waals surface area (Å²) in [7, 11) is 0. The van der Waals surface area contributed by atoms with Crippen LogP contribution in [0.3, 0.4) is 0 Å². The fourth-order valence-electron chi connectivity index (χ4n) is 10.7. The van der Waals surface area contributed by atoms with Gasteiger partial charge in [0, 0.05) is 73.8 Å². The van der Waals surface area contributed by atoms with Crippen molar-refractivity contribution in [2.75, 3.05) is 9.80 Å². The number of pyridine rings is 1. The maximum absolute atomic E-state index is 14.9. The quantitative estimate of drug-likeness (QED) is 0.121. The van der Waals surface area contributed by atoms with E-state index in [1.54, 1.807) is 12.1 Å². The van der Waals surface area contributed by atoms with Gasteiger partial charge >= 0.3 is 0 Å². The Morgan fingerprint density at radius 3 is 1.85 bits per heavy atom. The second kappa shape index (κ2) is 21.2. The van der Waals surface area contributed by atoms with Crippen LogP contribution in [0, 0.1) is 24.6 Å². The molecule has 0 N–H and O–H groups in total. The van der Waals surface area contributed by atoms with E-state index >= 15 is 0 Å². The van der Waals surface area contributed by atoms with E-state index in [1.165, 1.54) is 22.3 Å². The maximum Gasteiger partial charge on any atom is 0.135 e. The van der Waals surface area contributed by atoms with Crippen molar-refractivity contribution in [3.05, 3.63) is 222 Å². The second-order valence-corrected chi connectivity index (χ2v) is 23.6. The number of fused-ring (bicyclic) bond motifs is 4. The molecule has 7 heteroatoms. The maximum atomic E-state index is 14.9. The Morgan fingerprint density at radius 2 is 1.18 bits per heavy atom. The predicted octanol–water partition coefficient (Wildman–Crippen LogP) is 20.1. The van der Waals surface area contributed by atoms with Crippen molar-refractivity contribution in [3.8, 4) is 50.7 Å². The SMILES string of the molecule is [2H]C(C)(C)c1ccccc1-c1cc(Oc2[c-]c3c(cc2)c2ccccc2n3-c2cc(C(C)(C)C)ccn2)[c-]c(N2[CH-]N(c3c(-c4ccc(F)cc4)cc(C(C)(C)C)cc3-c3cc(C(C)C)cc(C(C)C)c3)c3ccccc32)c1.[Pt]. The molecule has 0 bridgehead atoms. The molecule has 2 aromatic heterocycles. The number of hydrogen-bond donors (Lipinski definition) is 0. The van der Waals surface area contributed by atoms with Gasteiger partial charge in [-0.25, -0.2) is 9.37 Å². The van der Waals surface area contributed by atoms with Gasteiger partial charge < -0.3 is 19.1 Å². The van der Waals surface area contributed by atoms with Gasteiger partial charge in [-0.1, -0.05) is 174 Å². The number of nitrogens with zero attached hydrogens (tertiary/aromatic N) is 4. The minimum absolute atomic E-state index is 0. The molecular formula is C71H68FN4OPt-3. The molecule has 3 heterocycles. The van der Waals surface area contributed by atoms with Gasteiger partial charge in [-0.15, -0.1) is 53.6 Å². The summed E-state index contributed by atoms with van der Waals surface area (Å²) < 4.78 is 33.4. The summed E-state index contributed by atoms with van der Waals surface area (Å²) in [5, 5.41) is 2.14. The van der Waals surface area contributed by atoms with Crippen LogP contribution in [0.5, 0.6) is 11.5 Å². The predicted molar refractivity (Wildman–Crippen MR) is 320 cm³/mol. The molecule has 0 saturated heterocycles. The van der Waals surface area contributed by atoms with Crippen molar-refractivity contribution in [2.24, 2.45) is 0 Å². The third kappa shape index (κ3) is 10.3. The van der Waals surface area contributed by atoms with E-state index in [2.05, 4.69) is 212 Å². The molecule has 0 fully saturated rings. The van der Waals surface area contributed by atoms with Gasteiger partial charge in [0.25, 0.3) is 0 Å². The van der Waals surface area contributed by atoms with Gasteiger partial charge in [-0.3, -0.25) is 0 Å². The number of halogens is 1. The molecule has 0 amide bonds. The molecule has 0 atom stereocenters. The molecular weight excluding hydrogens is 1140 g/mol. The molecule has 10 aromatic rings. The normalized spacial score (nSPS) is 13.1. The Morgan fingerprint density at radius 1 is 0.564 bits per heavy atom. The molecule has 398 valence electrons. The summed E-state index contributed by atoms with van der Waals surface area (Å²) in [6.45, 7) is 28.5. The molecule has 1 aliphatic rings.